The number of thioether (sulfide) groups is 1. The third-order valence-electron chi connectivity index (χ3n) is 1.76. The summed E-state index contributed by atoms with van der Waals surface area (Å²) in [5, 5.41) is 2.77. The van der Waals surface area contributed by atoms with Gasteiger partial charge in [-0.15, -0.1) is 0 Å². The van der Waals surface area contributed by atoms with Gasteiger partial charge < -0.3 is 15.8 Å². The summed E-state index contributed by atoms with van der Waals surface area (Å²) in [5.74, 6) is 1.01. The minimum absolute atomic E-state index is 0.129. The van der Waals surface area contributed by atoms with Crippen molar-refractivity contribution >= 4 is 17.7 Å². The average Bonchev–Trinajstić information content (AvgIpc) is 2.17. The highest BCUT2D eigenvalue weighted by Crippen LogP contribution is 1.97. The van der Waals surface area contributed by atoms with E-state index in [2.05, 4.69) is 11.6 Å². The first-order chi connectivity index (χ1) is 6.72. The number of rotatable bonds is 8. The van der Waals surface area contributed by atoms with Crippen molar-refractivity contribution in [2.24, 2.45) is 5.73 Å². The lowest BCUT2D eigenvalue weighted by Gasteiger charge is -2.10. The van der Waals surface area contributed by atoms with Crippen LogP contribution in [0.5, 0.6) is 0 Å². The third-order valence-corrected chi connectivity index (χ3v) is 2.45. The van der Waals surface area contributed by atoms with Gasteiger partial charge in [-0.05, 0) is 24.9 Å². The smallest absolute Gasteiger partial charge is 0.239 e. The maximum Gasteiger partial charge on any atom is 0.239 e. The molecular weight excluding hydrogens is 200 g/mol. The average molecular weight is 220 g/mol. The molecular formula is C9H20N2O2S. The second-order valence-electron chi connectivity index (χ2n) is 3.05. The van der Waals surface area contributed by atoms with Gasteiger partial charge in [0.25, 0.3) is 0 Å². The van der Waals surface area contributed by atoms with Gasteiger partial charge in [0.2, 0.25) is 5.91 Å². The Labute approximate surface area is 89.9 Å². The van der Waals surface area contributed by atoms with Crippen LogP contribution in [0.2, 0.25) is 0 Å². The van der Waals surface area contributed by atoms with E-state index in [1.807, 2.05) is 11.8 Å². The number of carbonyl (C=O) groups is 1. The fourth-order valence-corrected chi connectivity index (χ4v) is 1.46. The van der Waals surface area contributed by atoms with Gasteiger partial charge in [0.05, 0.1) is 6.61 Å². The largest absolute Gasteiger partial charge is 0.383 e. The van der Waals surface area contributed by atoms with Crippen LogP contribution >= 0.6 is 11.8 Å². The van der Waals surface area contributed by atoms with E-state index in [-0.39, 0.29) is 12.5 Å². The van der Waals surface area contributed by atoms with Crippen molar-refractivity contribution in [2.75, 3.05) is 32.3 Å². The lowest BCUT2D eigenvalue weighted by Crippen LogP contribution is -2.43. The maximum atomic E-state index is 11.2. The normalized spacial score (nSPS) is 12.5. The van der Waals surface area contributed by atoms with Crippen LogP contribution in [0, 0.1) is 0 Å². The first-order valence-electron chi connectivity index (χ1n) is 4.73. The van der Waals surface area contributed by atoms with E-state index < -0.39 is 6.04 Å². The number of hydrogen-bond donors (Lipinski definition) is 2. The molecule has 84 valence electrons. The van der Waals surface area contributed by atoms with Crippen molar-refractivity contribution in [3.05, 3.63) is 0 Å². The van der Waals surface area contributed by atoms with E-state index in [0.29, 0.717) is 6.54 Å². The van der Waals surface area contributed by atoms with Crippen molar-refractivity contribution in [1.29, 1.82) is 0 Å². The minimum atomic E-state index is -0.541. The number of ether oxygens (including phenoxy) is 1. The van der Waals surface area contributed by atoms with E-state index in [1.165, 1.54) is 7.11 Å². The Morgan fingerprint density at radius 1 is 1.57 bits per heavy atom. The Morgan fingerprint density at radius 2 is 2.29 bits per heavy atom. The lowest BCUT2D eigenvalue weighted by molar-refractivity contribution is -0.123. The molecule has 0 aliphatic carbocycles. The van der Waals surface area contributed by atoms with Gasteiger partial charge >= 0.3 is 0 Å². The van der Waals surface area contributed by atoms with Crippen LogP contribution in [0.3, 0.4) is 0 Å². The molecule has 0 saturated carbocycles. The number of hydrogen-bond acceptors (Lipinski definition) is 4. The highest BCUT2D eigenvalue weighted by atomic mass is 32.2. The highest BCUT2D eigenvalue weighted by Gasteiger charge is 2.11. The number of methoxy groups -OCH3 is 1. The second kappa shape index (κ2) is 9.30. The quantitative estimate of drug-likeness (QED) is 0.574. The standard InChI is InChI=1S/C9H20N2O2S/c1-13-7-8(10)9(12)11-5-3-4-6-14-2/h8H,3-7,10H2,1-2H3,(H,11,12). The molecule has 0 heterocycles. The number of unbranched alkanes of at least 4 members (excludes halogenated alkanes) is 1. The van der Waals surface area contributed by atoms with Gasteiger partial charge in [-0.3, -0.25) is 4.79 Å². The molecule has 0 aliphatic heterocycles. The van der Waals surface area contributed by atoms with Gasteiger partial charge in [-0.2, -0.15) is 11.8 Å². The summed E-state index contributed by atoms with van der Waals surface area (Å²) in [4.78, 5) is 11.2. The Kier molecular flexibility index (Phi) is 9.13. The SMILES string of the molecule is COCC(N)C(=O)NCCCCSC. The van der Waals surface area contributed by atoms with Crippen LogP contribution in [0.1, 0.15) is 12.8 Å². The van der Waals surface area contributed by atoms with Gasteiger partial charge in [-0.25, -0.2) is 0 Å². The molecule has 1 atom stereocenters. The summed E-state index contributed by atoms with van der Waals surface area (Å²) in [6, 6.07) is -0.541. The molecule has 0 radical (unpaired) electrons. The molecule has 1 amide bonds. The zero-order valence-electron chi connectivity index (χ0n) is 8.91. The van der Waals surface area contributed by atoms with Crippen molar-refractivity contribution in [1.82, 2.24) is 5.32 Å². The van der Waals surface area contributed by atoms with Crippen LogP contribution < -0.4 is 11.1 Å². The summed E-state index contributed by atoms with van der Waals surface area (Å²) in [6.07, 6.45) is 4.21. The Hall–Kier alpha value is -0.260. The Bertz CT molecular complexity index is 156. The van der Waals surface area contributed by atoms with Crippen LogP contribution in [-0.4, -0.2) is 44.2 Å². The zero-order valence-corrected chi connectivity index (χ0v) is 9.73. The molecule has 14 heavy (non-hydrogen) atoms. The molecule has 0 aliphatic rings. The van der Waals surface area contributed by atoms with Gasteiger partial charge in [0, 0.05) is 13.7 Å². The summed E-state index contributed by atoms with van der Waals surface area (Å²) in [5.41, 5.74) is 5.53. The summed E-state index contributed by atoms with van der Waals surface area (Å²) < 4.78 is 4.78. The summed E-state index contributed by atoms with van der Waals surface area (Å²) in [7, 11) is 1.53. The molecule has 0 aromatic carbocycles. The van der Waals surface area contributed by atoms with E-state index >= 15 is 0 Å². The molecule has 0 aromatic heterocycles. The molecule has 4 nitrogen and oxygen atoms in total. The zero-order chi connectivity index (χ0) is 10.8. The van der Waals surface area contributed by atoms with Crippen LogP contribution in [0.25, 0.3) is 0 Å². The summed E-state index contributed by atoms with van der Waals surface area (Å²) in [6.45, 7) is 0.980. The number of carbonyl (C=O) groups excluding carboxylic acids is 1. The van der Waals surface area contributed by atoms with Gasteiger partial charge in [0.1, 0.15) is 6.04 Å². The molecule has 0 aromatic rings. The van der Waals surface area contributed by atoms with E-state index in [4.69, 9.17) is 10.5 Å². The van der Waals surface area contributed by atoms with E-state index in [1.54, 1.807) is 0 Å². The first-order valence-corrected chi connectivity index (χ1v) is 6.13. The Balaban J connectivity index is 3.34. The Morgan fingerprint density at radius 3 is 2.86 bits per heavy atom. The minimum Gasteiger partial charge on any atom is -0.383 e. The fourth-order valence-electron chi connectivity index (χ4n) is 0.969. The van der Waals surface area contributed by atoms with Crippen LogP contribution in [0.15, 0.2) is 0 Å². The molecule has 3 N–H and O–H groups in total. The molecule has 0 bridgehead atoms. The predicted molar refractivity (Wildman–Crippen MR) is 60.5 cm³/mol. The second-order valence-corrected chi connectivity index (χ2v) is 4.04. The highest BCUT2D eigenvalue weighted by molar-refractivity contribution is 7.98. The monoisotopic (exact) mass is 220 g/mol. The van der Waals surface area contributed by atoms with Crippen molar-refractivity contribution < 1.29 is 9.53 Å². The molecule has 0 fully saturated rings. The van der Waals surface area contributed by atoms with Crippen LogP contribution in [-0.2, 0) is 9.53 Å². The van der Waals surface area contributed by atoms with E-state index in [9.17, 15) is 4.79 Å². The number of amides is 1. The molecule has 5 heteroatoms. The van der Waals surface area contributed by atoms with Crippen LogP contribution in [0.4, 0.5) is 0 Å². The van der Waals surface area contributed by atoms with E-state index in [0.717, 1.165) is 18.6 Å². The molecule has 0 rings (SSSR count). The molecule has 0 spiro atoms. The number of nitrogens with one attached hydrogen (secondary N) is 1. The fraction of sp³-hybridized carbons (Fsp3) is 0.889. The number of nitrogens with two attached hydrogens (primary N) is 1. The maximum absolute atomic E-state index is 11.2. The van der Waals surface area contributed by atoms with Gasteiger partial charge in [-0.1, -0.05) is 0 Å². The lowest BCUT2D eigenvalue weighted by atomic mass is 10.3. The van der Waals surface area contributed by atoms with Crippen molar-refractivity contribution in [3.8, 4) is 0 Å². The first kappa shape index (κ1) is 13.7. The third kappa shape index (κ3) is 7.17. The van der Waals surface area contributed by atoms with Crippen molar-refractivity contribution in [2.45, 2.75) is 18.9 Å². The van der Waals surface area contributed by atoms with Crippen molar-refractivity contribution in [3.63, 3.8) is 0 Å². The summed E-state index contributed by atoms with van der Waals surface area (Å²) >= 11 is 1.82. The molecule has 0 saturated heterocycles. The molecule has 1 unspecified atom stereocenters. The topological polar surface area (TPSA) is 64.3 Å². The van der Waals surface area contributed by atoms with Gasteiger partial charge in [0.15, 0.2) is 0 Å². The predicted octanol–water partition coefficient (Wildman–Crippen LogP) is 0.220.